The van der Waals surface area contributed by atoms with Crippen LogP contribution in [-0.4, -0.2) is 9.97 Å². The SMILES string of the molecule is N#Cc1cccc(-c2cnc(C(F)(F)F)cn2)c1. The highest BCUT2D eigenvalue weighted by atomic mass is 19.4. The van der Waals surface area contributed by atoms with Crippen LogP contribution < -0.4 is 0 Å². The van der Waals surface area contributed by atoms with Gasteiger partial charge in [-0.25, -0.2) is 4.98 Å². The molecule has 1 aromatic heterocycles. The molecule has 6 heteroatoms. The maximum Gasteiger partial charge on any atom is 0.434 e. The molecule has 0 saturated heterocycles. The van der Waals surface area contributed by atoms with Gasteiger partial charge in [0.25, 0.3) is 0 Å². The first-order valence-corrected chi connectivity index (χ1v) is 4.90. The van der Waals surface area contributed by atoms with Crippen molar-refractivity contribution >= 4 is 0 Å². The Morgan fingerprint density at radius 1 is 1.11 bits per heavy atom. The predicted octanol–water partition coefficient (Wildman–Crippen LogP) is 3.03. The van der Waals surface area contributed by atoms with Gasteiger partial charge >= 0.3 is 6.18 Å². The first kappa shape index (κ1) is 12.0. The van der Waals surface area contributed by atoms with Gasteiger partial charge in [-0.2, -0.15) is 18.4 Å². The molecule has 0 amide bonds. The summed E-state index contributed by atoms with van der Waals surface area (Å²) in [4.78, 5) is 7.01. The average molecular weight is 249 g/mol. The number of alkyl halides is 3. The van der Waals surface area contributed by atoms with Crippen LogP contribution in [0.15, 0.2) is 36.7 Å². The third kappa shape index (κ3) is 2.46. The molecule has 1 aromatic carbocycles. The Bertz CT molecular complexity index is 597. The zero-order valence-corrected chi connectivity index (χ0v) is 8.94. The Morgan fingerprint density at radius 3 is 2.44 bits per heavy atom. The Kier molecular flexibility index (Phi) is 2.98. The van der Waals surface area contributed by atoms with E-state index in [2.05, 4.69) is 9.97 Å². The molecule has 0 aliphatic rings. The molecule has 0 spiro atoms. The molecule has 90 valence electrons. The van der Waals surface area contributed by atoms with E-state index in [0.29, 0.717) is 23.0 Å². The van der Waals surface area contributed by atoms with Crippen molar-refractivity contribution in [3.05, 3.63) is 47.9 Å². The van der Waals surface area contributed by atoms with Crippen molar-refractivity contribution in [2.75, 3.05) is 0 Å². The van der Waals surface area contributed by atoms with Crippen LogP contribution in [0.25, 0.3) is 11.3 Å². The monoisotopic (exact) mass is 249 g/mol. The second-order valence-corrected chi connectivity index (χ2v) is 3.48. The van der Waals surface area contributed by atoms with Gasteiger partial charge in [0.15, 0.2) is 5.69 Å². The van der Waals surface area contributed by atoms with E-state index in [0.717, 1.165) is 6.20 Å². The standard InChI is InChI=1S/C12H6F3N3/c13-12(14,15)11-7-17-10(6-18-11)9-3-1-2-8(4-9)5-16/h1-4,6-7H. The summed E-state index contributed by atoms with van der Waals surface area (Å²) >= 11 is 0. The van der Waals surface area contributed by atoms with Crippen LogP contribution in [0, 0.1) is 11.3 Å². The number of nitrogens with zero attached hydrogens (tertiary/aromatic N) is 3. The molecule has 0 N–H and O–H groups in total. The number of aromatic nitrogens is 2. The first-order chi connectivity index (χ1) is 8.50. The molecular formula is C12H6F3N3. The fourth-order valence-corrected chi connectivity index (χ4v) is 1.37. The van der Waals surface area contributed by atoms with E-state index in [1.165, 1.54) is 6.07 Å². The summed E-state index contributed by atoms with van der Waals surface area (Å²) in [6.45, 7) is 0. The van der Waals surface area contributed by atoms with Crippen molar-refractivity contribution < 1.29 is 13.2 Å². The predicted molar refractivity (Wildman–Crippen MR) is 57.2 cm³/mol. The van der Waals surface area contributed by atoms with Crippen LogP contribution in [-0.2, 0) is 6.18 Å². The highest BCUT2D eigenvalue weighted by Gasteiger charge is 2.32. The fraction of sp³-hybridized carbons (Fsp3) is 0.0833. The van der Waals surface area contributed by atoms with Crippen LogP contribution in [0.1, 0.15) is 11.3 Å². The molecule has 0 unspecified atom stereocenters. The lowest BCUT2D eigenvalue weighted by Crippen LogP contribution is -2.08. The highest BCUT2D eigenvalue weighted by molar-refractivity contribution is 5.60. The largest absolute Gasteiger partial charge is 0.434 e. The highest BCUT2D eigenvalue weighted by Crippen LogP contribution is 2.27. The minimum atomic E-state index is -4.50. The lowest BCUT2D eigenvalue weighted by molar-refractivity contribution is -0.141. The van der Waals surface area contributed by atoms with Crippen LogP contribution in [0.4, 0.5) is 13.2 Å². The maximum absolute atomic E-state index is 12.3. The van der Waals surface area contributed by atoms with Gasteiger partial charge in [0.1, 0.15) is 0 Å². The van der Waals surface area contributed by atoms with E-state index in [4.69, 9.17) is 5.26 Å². The molecule has 0 fully saturated rings. The Labute approximate surface area is 101 Å². The van der Waals surface area contributed by atoms with E-state index >= 15 is 0 Å². The van der Waals surface area contributed by atoms with Crippen LogP contribution >= 0.6 is 0 Å². The Balaban J connectivity index is 2.38. The molecule has 3 nitrogen and oxygen atoms in total. The minimum Gasteiger partial charge on any atom is -0.252 e. The summed E-state index contributed by atoms with van der Waals surface area (Å²) < 4.78 is 36.9. The number of hydrogen-bond acceptors (Lipinski definition) is 3. The molecule has 0 bridgehead atoms. The first-order valence-electron chi connectivity index (χ1n) is 4.90. The molecule has 0 radical (unpaired) electrons. The summed E-state index contributed by atoms with van der Waals surface area (Å²) in [6.07, 6.45) is -2.78. The van der Waals surface area contributed by atoms with Crippen molar-refractivity contribution in [3.63, 3.8) is 0 Å². The van der Waals surface area contributed by atoms with Gasteiger partial charge in [-0.3, -0.25) is 4.98 Å². The molecule has 0 aliphatic heterocycles. The smallest absolute Gasteiger partial charge is 0.252 e. The lowest BCUT2D eigenvalue weighted by Gasteiger charge is -2.06. The van der Waals surface area contributed by atoms with Gasteiger partial charge in [0.05, 0.1) is 29.7 Å². The van der Waals surface area contributed by atoms with E-state index < -0.39 is 11.9 Å². The second-order valence-electron chi connectivity index (χ2n) is 3.48. The van der Waals surface area contributed by atoms with Crippen LogP contribution in [0.5, 0.6) is 0 Å². The van der Waals surface area contributed by atoms with Crippen molar-refractivity contribution in [3.8, 4) is 17.3 Å². The lowest BCUT2D eigenvalue weighted by atomic mass is 10.1. The Hall–Kier alpha value is -2.42. The zero-order chi connectivity index (χ0) is 13.2. The normalized spacial score (nSPS) is 11.0. The van der Waals surface area contributed by atoms with Gasteiger partial charge in [-0.1, -0.05) is 12.1 Å². The number of nitriles is 1. The molecule has 0 saturated carbocycles. The van der Waals surface area contributed by atoms with Crippen molar-refractivity contribution in [2.45, 2.75) is 6.18 Å². The van der Waals surface area contributed by atoms with Gasteiger partial charge in [0, 0.05) is 5.56 Å². The molecule has 1 heterocycles. The summed E-state index contributed by atoms with van der Waals surface area (Å²) in [7, 11) is 0. The van der Waals surface area contributed by atoms with E-state index in [1.807, 2.05) is 6.07 Å². The number of rotatable bonds is 1. The molecule has 2 aromatic rings. The second kappa shape index (κ2) is 4.45. The minimum absolute atomic E-state index is 0.292. The summed E-state index contributed by atoms with van der Waals surface area (Å²) in [5.74, 6) is 0. The third-order valence-electron chi connectivity index (χ3n) is 2.23. The molecule has 0 aliphatic carbocycles. The van der Waals surface area contributed by atoms with E-state index in [1.54, 1.807) is 18.2 Å². The van der Waals surface area contributed by atoms with Crippen molar-refractivity contribution in [1.82, 2.24) is 9.97 Å². The molecule has 2 rings (SSSR count). The van der Waals surface area contributed by atoms with Crippen LogP contribution in [0.2, 0.25) is 0 Å². The number of benzene rings is 1. The molecule has 18 heavy (non-hydrogen) atoms. The summed E-state index contributed by atoms with van der Waals surface area (Å²) in [6, 6.07) is 8.36. The van der Waals surface area contributed by atoms with Gasteiger partial charge < -0.3 is 0 Å². The zero-order valence-electron chi connectivity index (χ0n) is 8.94. The van der Waals surface area contributed by atoms with Gasteiger partial charge in [-0.15, -0.1) is 0 Å². The summed E-state index contributed by atoms with van der Waals surface area (Å²) in [5, 5.41) is 8.72. The molecule has 0 atom stereocenters. The topological polar surface area (TPSA) is 49.6 Å². The maximum atomic E-state index is 12.3. The Morgan fingerprint density at radius 2 is 1.89 bits per heavy atom. The number of hydrogen-bond donors (Lipinski definition) is 0. The quantitative estimate of drug-likeness (QED) is 0.780. The summed E-state index contributed by atoms with van der Waals surface area (Å²) in [5.41, 5.74) is 0.215. The van der Waals surface area contributed by atoms with Crippen molar-refractivity contribution in [2.24, 2.45) is 0 Å². The third-order valence-corrected chi connectivity index (χ3v) is 2.23. The number of halogens is 3. The average Bonchev–Trinajstić information content (AvgIpc) is 2.38. The van der Waals surface area contributed by atoms with Crippen LogP contribution in [0.3, 0.4) is 0 Å². The molecular weight excluding hydrogens is 243 g/mol. The van der Waals surface area contributed by atoms with E-state index in [9.17, 15) is 13.2 Å². The van der Waals surface area contributed by atoms with Gasteiger partial charge in [-0.05, 0) is 12.1 Å². The fourth-order valence-electron chi connectivity index (χ4n) is 1.37. The van der Waals surface area contributed by atoms with Gasteiger partial charge in [0.2, 0.25) is 0 Å². The van der Waals surface area contributed by atoms with E-state index in [-0.39, 0.29) is 0 Å². The van der Waals surface area contributed by atoms with Crippen molar-refractivity contribution in [1.29, 1.82) is 5.26 Å².